The molecule has 0 spiro atoms. The summed E-state index contributed by atoms with van der Waals surface area (Å²) in [4.78, 5) is 29.5. The van der Waals surface area contributed by atoms with Crippen LogP contribution in [0, 0.1) is 6.92 Å². The van der Waals surface area contributed by atoms with Gasteiger partial charge in [0.15, 0.2) is 0 Å². The first kappa shape index (κ1) is 23.2. The number of carbonyl (C=O) groups excluding carboxylic acids is 1. The fraction of sp³-hybridized carbons (Fsp3) is 0.130. The predicted molar refractivity (Wildman–Crippen MR) is 119 cm³/mol. The molecule has 174 valence electrons. The molecule has 0 aliphatic heterocycles. The van der Waals surface area contributed by atoms with Gasteiger partial charge in [-0.2, -0.15) is 18.2 Å². The standard InChI is InChI=1S/C23H16ClF3N4O3/c1-13-4-6-14(7-5-13)20-29-21(34-30-20)16-3-2-10-31(22(16)33)12-19(32)28-15-8-9-18(24)17(11-15)23(25,26)27/h2-11H,12H2,1H3,(H,28,32). The number of nitrogens with one attached hydrogen (secondary N) is 1. The van der Waals surface area contributed by atoms with Crippen LogP contribution in [0.4, 0.5) is 18.9 Å². The minimum Gasteiger partial charge on any atom is -0.333 e. The van der Waals surface area contributed by atoms with Crippen LogP contribution in [-0.2, 0) is 17.5 Å². The lowest BCUT2D eigenvalue weighted by Crippen LogP contribution is -2.28. The fourth-order valence-electron chi connectivity index (χ4n) is 3.15. The van der Waals surface area contributed by atoms with Crippen molar-refractivity contribution in [1.29, 1.82) is 0 Å². The number of pyridine rings is 1. The molecule has 0 atom stereocenters. The summed E-state index contributed by atoms with van der Waals surface area (Å²) < 4.78 is 45.4. The fourth-order valence-corrected chi connectivity index (χ4v) is 3.38. The Hall–Kier alpha value is -3.92. The average molecular weight is 489 g/mol. The first-order valence-electron chi connectivity index (χ1n) is 9.89. The van der Waals surface area contributed by atoms with Crippen molar-refractivity contribution >= 4 is 23.2 Å². The molecule has 0 radical (unpaired) electrons. The number of benzene rings is 2. The van der Waals surface area contributed by atoms with Crippen LogP contribution in [0.5, 0.6) is 0 Å². The molecular weight excluding hydrogens is 473 g/mol. The van der Waals surface area contributed by atoms with Crippen LogP contribution in [0.2, 0.25) is 5.02 Å². The minimum atomic E-state index is -4.68. The number of aryl methyl sites for hydroxylation is 1. The topological polar surface area (TPSA) is 90.0 Å². The molecule has 7 nitrogen and oxygen atoms in total. The summed E-state index contributed by atoms with van der Waals surface area (Å²) >= 11 is 5.59. The highest BCUT2D eigenvalue weighted by Crippen LogP contribution is 2.36. The van der Waals surface area contributed by atoms with Crippen LogP contribution in [-0.4, -0.2) is 20.6 Å². The third-order valence-corrected chi connectivity index (χ3v) is 5.19. The highest BCUT2D eigenvalue weighted by molar-refractivity contribution is 6.31. The Morgan fingerprint density at radius 1 is 1.15 bits per heavy atom. The second-order valence-electron chi connectivity index (χ2n) is 7.38. The zero-order valence-electron chi connectivity index (χ0n) is 17.6. The van der Waals surface area contributed by atoms with Crippen molar-refractivity contribution in [3.63, 3.8) is 0 Å². The molecule has 0 bridgehead atoms. The number of halogens is 4. The van der Waals surface area contributed by atoms with Gasteiger partial charge in [0.2, 0.25) is 11.7 Å². The Morgan fingerprint density at radius 2 is 1.88 bits per heavy atom. The van der Waals surface area contributed by atoms with Gasteiger partial charge in [-0.25, -0.2) is 0 Å². The molecule has 4 aromatic rings. The molecule has 34 heavy (non-hydrogen) atoms. The monoisotopic (exact) mass is 488 g/mol. The summed E-state index contributed by atoms with van der Waals surface area (Å²) in [5.74, 6) is -0.436. The normalized spacial score (nSPS) is 11.4. The van der Waals surface area contributed by atoms with Crippen LogP contribution < -0.4 is 10.9 Å². The molecule has 11 heteroatoms. The minimum absolute atomic E-state index is 0.0251. The summed E-state index contributed by atoms with van der Waals surface area (Å²) in [5, 5.41) is 5.75. The number of anilines is 1. The Kier molecular flexibility index (Phi) is 6.25. The van der Waals surface area contributed by atoms with E-state index in [1.807, 2.05) is 31.2 Å². The molecular formula is C23H16ClF3N4O3. The molecule has 1 N–H and O–H groups in total. The van der Waals surface area contributed by atoms with Crippen molar-refractivity contribution in [3.8, 4) is 22.8 Å². The Bertz CT molecular complexity index is 1410. The summed E-state index contributed by atoms with van der Waals surface area (Å²) in [5.41, 5.74) is 0.0793. The van der Waals surface area contributed by atoms with Gasteiger partial charge in [-0.3, -0.25) is 9.59 Å². The lowest BCUT2D eigenvalue weighted by molar-refractivity contribution is -0.137. The van der Waals surface area contributed by atoms with E-state index >= 15 is 0 Å². The molecule has 4 rings (SSSR count). The summed E-state index contributed by atoms with van der Waals surface area (Å²) in [6.45, 7) is 1.49. The van der Waals surface area contributed by atoms with Crippen LogP contribution >= 0.6 is 11.6 Å². The van der Waals surface area contributed by atoms with Crippen LogP contribution in [0.15, 0.2) is 70.1 Å². The van der Waals surface area contributed by atoms with Crippen molar-refractivity contribution in [3.05, 3.63) is 87.3 Å². The second-order valence-corrected chi connectivity index (χ2v) is 7.79. The number of hydrogen-bond acceptors (Lipinski definition) is 5. The number of nitrogens with zero attached hydrogens (tertiary/aromatic N) is 3. The maximum absolute atomic E-state index is 13.0. The molecule has 2 aromatic carbocycles. The molecule has 0 unspecified atom stereocenters. The van der Waals surface area contributed by atoms with Gasteiger partial charge in [-0.15, -0.1) is 0 Å². The third-order valence-electron chi connectivity index (χ3n) is 4.86. The van der Waals surface area contributed by atoms with Gasteiger partial charge in [0, 0.05) is 17.4 Å². The van der Waals surface area contributed by atoms with Gasteiger partial charge in [0.05, 0.1) is 10.6 Å². The Morgan fingerprint density at radius 3 is 2.59 bits per heavy atom. The van der Waals surface area contributed by atoms with Gasteiger partial charge in [0.1, 0.15) is 12.1 Å². The Labute approximate surface area is 195 Å². The van der Waals surface area contributed by atoms with E-state index in [1.54, 1.807) is 0 Å². The number of alkyl halides is 3. The molecule has 0 aliphatic carbocycles. The van der Waals surface area contributed by atoms with E-state index in [0.717, 1.165) is 22.3 Å². The van der Waals surface area contributed by atoms with E-state index in [2.05, 4.69) is 15.5 Å². The third kappa shape index (κ3) is 5.01. The highest BCUT2D eigenvalue weighted by Gasteiger charge is 2.33. The van der Waals surface area contributed by atoms with Crippen LogP contribution in [0.25, 0.3) is 22.8 Å². The van der Waals surface area contributed by atoms with Gasteiger partial charge in [-0.1, -0.05) is 46.6 Å². The van der Waals surface area contributed by atoms with E-state index < -0.39 is 34.8 Å². The van der Waals surface area contributed by atoms with Crippen molar-refractivity contribution in [2.24, 2.45) is 0 Å². The predicted octanol–water partition coefficient (Wildman–Crippen LogP) is 5.18. The van der Waals surface area contributed by atoms with Gasteiger partial charge in [0.25, 0.3) is 11.4 Å². The van der Waals surface area contributed by atoms with Crippen LogP contribution in [0.1, 0.15) is 11.1 Å². The highest BCUT2D eigenvalue weighted by atomic mass is 35.5. The number of carbonyl (C=O) groups is 1. The number of rotatable bonds is 5. The lowest BCUT2D eigenvalue weighted by atomic mass is 10.1. The van der Waals surface area contributed by atoms with Crippen molar-refractivity contribution in [1.82, 2.24) is 14.7 Å². The van der Waals surface area contributed by atoms with Gasteiger partial charge < -0.3 is 14.4 Å². The zero-order valence-corrected chi connectivity index (χ0v) is 18.3. The molecule has 1 amide bonds. The largest absolute Gasteiger partial charge is 0.417 e. The van der Waals surface area contributed by atoms with E-state index in [0.29, 0.717) is 11.4 Å². The van der Waals surface area contributed by atoms with Crippen molar-refractivity contribution in [2.45, 2.75) is 19.6 Å². The summed E-state index contributed by atoms with van der Waals surface area (Å²) in [7, 11) is 0. The molecule has 0 saturated heterocycles. The molecule has 0 fully saturated rings. The molecule has 0 saturated carbocycles. The maximum Gasteiger partial charge on any atom is 0.417 e. The van der Waals surface area contributed by atoms with E-state index in [4.69, 9.17) is 16.1 Å². The number of aromatic nitrogens is 3. The summed E-state index contributed by atoms with van der Waals surface area (Å²) in [6, 6.07) is 13.4. The zero-order chi connectivity index (χ0) is 24.5. The first-order valence-corrected chi connectivity index (χ1v) is 10.3. The van der Waals surface area contributed by atoms with Crippen LogP contribution in [0.3, 0.4) is 0 Å². The van der Waals surface area contributed by atoms with Gasteiger partial charge in [-0.05, 0) is 37.3 Å². The van der Waals surface area contributed by atoms with E-state index in [9.17, 15) is 22.8 Å². The smallest absolute Gasteiger partial charge is 0.333 e. The van der Waals surface area contributed by atoms with E-state index in [-0.39, 0.29) is 17.1 Å². The number of hydrogen-bond donors (Lipinski definition) is 1. The summed E-state index contributed by atoms with van der Waals surface area (Å²) in [6.07, 6.45) is -3.31. The maximum atomic E-state index is 13.0. The molecule has 2 aromatic heterocycles. The van der Waals surface area contributed by atoms with Crippen molar-refractivity contribution < 1.29 is 22.5 Å². The molecule has 0 aliphatic rings. The SMILES string of the molecule is Cc1ccc(-c2noc(-c3cccn(CC(=O)Nc4ccc(Cl)c(C(F)(F)F)c4)c3=O)n2)cc1. The first-order chi connectivity index (χ1) is 16.1. The quantitative estimate of drug-likeness (QED) is 0.418. The van der Waals surface area contributed by atoms with Gasteiger partial charge >= 0.3 is 6.18 Å². The van der Waals surface area contributed by atoms with E-state index in [1.165, 1.54) is 24.4 Å². The number of amides is 1. The average Bonchev–Trinajstić information content (AvgIpc) is 3.26. The lowest BCUT2D eigenvalue weighted by Gasteiger charge is -2.12. The van der Waals surface area contributed by atoms with Crippen molar-refractivity contribution in [2.75, 3.05) is 5.32 Å². The Balaban J connectivity index is 1.54. The second kappa shape index (κ2) is 9.14. The molecule has 2 heterocycles.